The molecule has 0 unspecified atom stereocenters. The number of anilines is 1. The topological polar surface area (TPSA) is 50.4 Å². The Balaban J connectivity index is 2.71. The predicted octanol–water partition coefficient (Wildman–Crippen LogP) is 1.90. The molecule has 0 fully saturated rings. The minimum atomic E-state index is -0.0742. The standard InChI is InChI=1S/C11H15ClN2O2/c1-13-6-5-11(15)14-9-7-8(12)3-4-10(9)16-2/h3-4,7,13H,5-6H2,1-2H3,(H,14,15). The number of nitrogens with one attached hydrogen (secondary N) is 2. The van der Waals surface area contributed by atoms with Crippen LogP contribution in [0.2, 0.25) is 5.02 Å². The molecule has 4 nitrogen and oxygen atoms in total. The van der Waals surface area contributed by atoms with Gasteiger partial charge in [-0.25, -0.2) is 0 Å². The van der Waals surface area contributed by atoms with Gasteiger partial charge in [0, 0.05) is 18.0 Å². The Morgan fingerprint density at radius 1 is 1.50 bits per heavy atom. The first-order chi connectivity index (χ1) is 7.67. The summed E-state index contributed by atoms with van der Waals surface area (Å²) < 4.78 is 5.12. The molecule has 2 N–H and O–H groups in total. The summed E-state index contributed by atoms with van der Waals surface area (Å²) >= 11 is 5.84. The molecule has 0 spiro atoms. The lowest BCUT2D eigenvalue weighted by Gasteiger charge is -2.10. The molecule has 1 aromatic rings. The van der Waals surface area contributed by atoms with Gasteiger partial charge in [-0.1, -0.05) is 11.6 Å². The maximum absolute atomic E-state index is 11.5. The van der Waals surface area contributed by atoms with Gasteiger partial charge in [-0.05, 0) is 25.2 Å². The SMILES string of the molecule is CNCCC(=O)Nc1cc(Cl)ccc1OC. The molecule has 0 aliphatic carbocycles. The monoisotopic (exact) mass is 242 g/mol. The molecule has 0 atom stereocenters. The van der Waals surface area contributed by atoms with Gasteiger partial charge in [0.1, 0.15) is 5.75 Å². The van der Waals surface area contributed by atoms with Gasteiger partial charge in [0.05, 0.1) is 12.8 Å². The molecule has 88 valence electrons. The molecule has 0 heterocycles. The van der Waals surface area contributed by atoms with Gasteiger partial charge in [-0.3, -0.25) is 4.79 Å². The number of halogens is 1. The summed E-state index contributed by atoms with van der Waals surface area (Å²) in [6, 6.07) is 5.09. The van der Waals surface area contributed by atoms with Crippen molar-refractivity contribution in [2.24, 2.45) is 0 Å². The molecule has 0 aliphatic rings. The average molecular weight is 243 g/mol. The minimum absolute atomic E-state index is 0.0742. The lowest BCUT2D eigenvalue weighted by Crippen LogP contribution is -2.19. The van der Waals surface area contributed by atoms with Crippen LogP contribution in [0.1, 0.15) is 6.42 Å². The number of carbonyl (C=O) groups is 1. The van der Waals surface area contributed by atoms with Gasteiger partial charge >= 0.3 is 0 Å². The Bertz CT molecular complexity index is 369. The van der Waals surface area contributed by atoms with Gasteiger partial charge < -0.3 is 15.4 Å². The second kappa shape index (κ2) is 6.35. The number of hydrogen-bond acceptors (Lipinski definition) is 3. The summed E-state index contributed by atoms with van der Waals surface area (Å²) in [4.78, 5) is 11.5. The van der Waals surface area contributed by atoms with Gasteiger partial charge in [0.25, 0.3) is 0 Å². The third-order valence-electron chi connectivity index (χ3n) is 2.04. The second-order valence-corrected chi connectivity index (χ2v) is 3.68. The van der Waals surface area contributed by atoms with Crippen LogP contribution in [0.15, 0.2) is 18.2 Å². The van der Waals surface area contributed by atoms with Crippen LogP contribution >= 0.6 is 11.6 Å². The quantitative estimate of drug-likeness (QED) is 0.829. The molecular weight excluding hydrogens is 228 g/mol. The molecule has 0 saturated carbocycles. The van der Waals surface area contributed by atoms with Crippen molar-refractivity contribution >= 4 is 23.2 Å². The van der Waals surface area contributed by atoms with E-state index in [9.17, 15) is 4.79 Å². The van der Waals surface area contributed by atoms with E-state index in [-0.39, 0.29) is 5.91 Å². The molecule has 1 amide bonds. The summed E-state index contributed by atoms with van der Waals surface area (Å²) in [5, 5.41) is 6.21. The van der Waals surface area contributed by atoms with Crippen LogP contribution in [0, 0.1) is 0 Å². The fourth-order valence-electron chi connectivity index (χ4n) is 1.23. The van der Waals surface area contributed by atoms with Crippen molar-refractivity contribution in [1.29, 1.82) is 0 Å². The highest BCUT2D eigenvalue weighted by atomic mass is 35.5. The number of amides is 1. The third kappa shape index (κ3) is 3.72. The lowest BCUT2D eigenvalue weighted by atomic mass is 10.2. The molecule has 1 aromatic carbocycles. The number of hydrogen-bond donors (Lipinski definition) is 2. The van der Waals surface area contributed by atoms with Crippen LogP contribution in [0.4, 0.5) is 5.69 Å². The number of benzene rings is 1. The first-order valence-electron chi connectivity index (χ1n) is 4.95. The number of methoxy groups -OCH3 is 1. The van der Waals surface area contributed by atoms with Gasteiger partial charge in [0.2, 0.25) is 5.91 Å². The first kappa shape index (κ1) is 12.8. The Kier molecular flexibility index (Phi) is 5.08. The summed E-state index contributed by atoms with van der Waals surface area (Å²) in [6.07, 6.45) is 0.409. The summed E-state index contributed by atoms with van der Waals surface area (Å²) in [5.41, 5.74) is 0.594. The highest BCUT2D eigenvalue weighted by Gasteiger charge is 2.07. The second-order valence-electron chi connectivity index (χ2n) is 3.25. The number of carbonyl (C=O) groups excluding carboxylic acids is 1. The number of rotatable bonds is 5. The van der Waals surface area contributed by atoms with E-state index in [1.54, 1.807) is 32.4 Å². The van der Waals surface area contributed by atoms with E-state index in [1.165, 1.54) is 0 Å². The van der Waals surface area contributed by atoms with Gasteiger partial charge in [-0.2, -0.15) is 0 Å². The van der Waals surface area contributed by atoms with Crippen molar-refractivity contribution in [3.8, 4) is 5.75 Å². The van der Waals surface area contributed by atoms with Gasteiger partial charge in [0.15, 0.2) is 0 Å². The minimum Gasteiger partial charge on any atom is -0.495 e. The van der Waals surface area contributed by atoms with Crippen LogP contribution in [0.25, 0.3) is 0 Å². The van der Waals surface area contributed by atoms with Crippen molar-refractivity contribution in [2.45, 2.75) is 6.42 Å². The van der Waals surface area contributed by atoms with Crippen molar-refractivity contribution < 1.29 is 9.53 Å². The zero-order valence-electron chi connectivity index (χ0n) is 9.34. The van der Waals surface area contributed by atoms with E-state index in [4.69, 9.17) is 16.3 Å². The molecule has 0 aliphatic heterocycles. The van der Waals surface area contributed by atoms with Gasteiger partial charge in [-0.15, -0.1) is 0 Å². The molecule has 5 heteroatoms. The van der Waals surface area contributed by atoms with Crippen molar-refractivity contribution in [2.75, 3.05) is 26.0 Å². The fourth-order valence-corrected chi connectivity index (χ4v) is 1.40. The zero-order chi connectivity index (χ0) is 12.0. The summed E-state index contributed by atoms with van der Waals surface area (Å²) in [7, 11) is 3.35. The first-order valence-corrected chi connectivity index (χ1v) is 5.33. The van der Waals surface area contributed by atoms with E-state index in [0.29, 0.717) is 29.4 Å². The van der Waals surface area contributed by atoms with E-state index < -0.39 is 0 Å². The Morgan fingerprint density at radius 3 is 2.88 bits per heavy atom. The van der Waals surface area contributed by atoms with Crippen LogP contribution in [0.3, 0.4) is 0 Å². The van der Waals surface area contributed by atoms with E-state index in [2.05, 4.69) is 10.6 Å². The fraction of sp³-hybridized carbons (Fsp3) is 0.364. The molecular formula is C11H15ClN2O2. The summed E-state index contributed by atoms with van der Waals surface area (Å²) in [6.45, 7) is 0.634. The molecule has 0 aromatic heterocycles. The van der Waals surface area contributed by atoms with Crippen molar-refractivity contribution in [3.05, 3.63) is 23.2 Å². The predicted molar refractivity (Wildman–Crippen MR) is 65.2 cm³/mol. The highest BCUT2D eigenvalue weighted by Crippen LogP contribution is 2.27. The van der Waals surface area contributed by atoms with Crippen LogP contribution in [-0.4, -0.2) is 26.6 Å². The zero-order valence-corrected chi connectivity index (χ0v) is 10.1. The average Bonchev–Trinajstić information content (AvgIpc) is 2.27. The number of ether oxygens (including phenoxy) is 1. The van der Waals surface area contributed by atoms with E-state index >= 15 is 0 Å². The van der Waals surface area contributed by atoms with Crippen LogP contribution < -0.4 is 15.4 Å². The third-order valence-corrected chi connectivity index (χ3v) is 2.27. The van der Waals surface area contributed by atoms with Crippen LogP contribution in [0.5, 0.6) is 5.75 Å². The van der Waals surface area contributed by atoms with Crippen LogP contribution in [-0.2, 0) is 4.79 Å². The van der Waals surface area contributed by atoms with Crippen molar-refractivity contribution in [1.82, 2.24) is 5.32 Å². The molecule has 0 bridgehead atoms. The van der Waals surface area contributed by atoms with E-state index in [1.807, 2.05) is 0 Å². The Hall–Kier alpha value is -1.26. The highest BCUT2D eigenvalue weighted by molar-refractivity contribution is 6.31. The molecule has 16 heavy (non-hydrogen) atoms. The molecule has 0 saturated heterocycles. The van der Waals surface area contributed by atoms with E-state index in [0.717, 1.165) is 0 Å². The normalized spacial score (nSPS) is 9.94. The Morgan fingerprint density at radius 2 is 2.25 bits per heavy atom. The van der Waals surface area contributed by atoms with Crippen molar-refractivity contribution in [3.63, 3.8) is 0 Å². The molecule has 0 radical (unpaired) electrons. The smallest absolute Gasteiger partial charge is 0.225 e. The maximum atomic E-state index is 11.5. The maximum Gasteiger partial charge on any atom is 0.225 e. The lowest BCUT2D eigenvalue weighted by molar-refractivity contribution is -0.116. The summed E-state index contributed by atoms with van der Waals surface area (Å²) in [5.74, 6) is 0.525. The molecule has 1 rings (SSSR count). The largest absolute Gasteiger partial charge is 0.495 e. The Labute approximate surface area is 99.9 Å².